The van der Waals surface area contributed by atoms with Crippen molar-refractivity contribution in [2.75, 3.05) is 9.80 Å². The molecule has 2 heterocycles. The van der Waals surface area contributed by atoms with Crippen LogP contribution in [0.4, 0.5) is 34.1 Å². The molecule has 0 spiro atoms. The topological polar surface area (TPSA) is 24.6 Å². The number of furan rings is 1. The number of benzene rings is 11. The molecule has 0 radical (unpaired) electrons. The lowest BCUT2D eigenvalue weighted by atomic mass is 9.66. The van der Waals surface area contributed by atoms with Gasteiger partial charge in [0.15, 0.2) is 5.58 Å². The Balaban J connectivity index is 1.16. The lowest BCUT2D eigenvalue weighted by Crippen LogP contribution is -2.29. The predicted octanol–water partition coefficient (Wildman–Crippen LogP) is 25.1. The Hall–Kier alpha value is -9.38. The minimum absolute atomic E-state index is 0.0130. The van der Waals surface area contributed by atoms with Gasteiger partial charge >= 0.3 is 0 Å². The van der Waals surface area contributed by atoms with E-state index >= 15 is 0 Å². The van der Waals surface area contributed by atoms with Crippen LogP contribution in [0.3, 0.4) is 0 Å². The maximum Gasteiger partial charge on any atom is 0.160 e. The number of rotatable bonds is 9. The number of aryl methyl sites for hydroxylation is 2. The summed E-state index contributed by atoms with van der Waals surface area (Å²) in [7, 11) is 0. The molecule has 4 heteroatoms. The molecule has 0 fully saturated rings. The summed E-state index contributed by atoms with van der Waals surface area (Å²) in [4.78, 5) is 4.93. The molecular weight excluding hydrogens is 1130 g/mol. The average Bonchev–Trinajstić information content (AvgIpc) is 1.52. The second-order valence-electron chi connectivity index (χ2n) is 31.7. The summed E-state index contributed by atoms with van der Waals surface area (Å²) in [5.74, 6) is 0. The second-order valence-corrected chi connectivity index (χ2v) is 31.7. The third kappa shape index (κ3) is 10.5. The standard InChI is InChI=1S/C89H89N3O/c1-56-22-20-24-68(50-56)90(65-40-32-59(33-41-65)85(6,7)8)70-46-47-71-75(54-70)89(62-30-28-58(29-31-62)84(3,4)5,64-39-49-78-74(53-64)73-52-63(88(15,16)17)38-48-77(73)92(78)67-44-36-61(37-45-67)87(12,13)14)76-55-79(83-82(81(71)76)72-26-18-19-27-80(72)93-83)91(69-25-21-23-57(2)51-69)66-42-34-60(35-43-66)86(9,10)11/h18-55H,1-17H3. The molecular formula is C89H89N3O. The summed E-state index contributed by atoms with van der Waals surface area (Å²) >= 11 is 0. The molecule has 1 aliphatic carbocycles. The largest absolute Gasteiger partial charge is 0.454 e. The lowest BCUT2D eigenvalue weighted by Gasteiger charge is -2.36. The van der Waals surface area contributed by atoms with E-state index in [9.17, 15) is 0 Å². The third-order valence-electron chi connectivity index (χ3n) is 20.0. The van der Waals surface area contributed by atoms with E-state index in [2.05, 4.69) is 363 Å². The van der Waals surface area contributed by atoms with Gasteiger partial charge in [-0.2, -0.15) is 0 Å². The number of hydrogen-bond acceptors (Lipinski definition) is 3. The molecule has 14 rings (SSSR count). The monoisotopic (exact) mass is 1220 g/mol. The van der Waals surface area contributed by atoms with Crippen LogP contribution in [-0.2, 0) is 32.5 Å². The molecule has 2 aromatic heterocycles. The smallest absolute Gasteiger partial charge is 0.160 e. The van der Waals surface area contributed by atoms with Crippen molar-refractivity contribution < 1.29 is 4.42 Å². The fourth-order valence-corrected chi connectivity index (χ4v) is 14.7. The van der Waals surface area contributed by atoms with Crippen molar-refractivity contribution in [3.05, 3.63) is 292 Å². The molecule has 13 aromatic rings. The Bertz CT molecular complexity index is 5040. The first kappa shape index (κ1) is 61.1. The van der Waals surface area contributed by atoms with Crippen molar-refractivity contribution in [3.8, 4) is 16.8 Å². The van der Waals surface area contributed by atoms with Crippen LogP contribution < -0.4 is 9.80 Å². The van der Waals surface area contributed by atoms with E-state index in [1.54, 1.807) is 0 Å². The van der Waals surface area contributed by atoms with Crippen molar-refractivity contribution in [2.45, 2.75) is 150 Å². The Kier molecular flexibility index (Phi) is 14.4. The minimum atomic E-state index is -0.931. The second kappa shape index (κ2) is 21.9. The van der Waals surface area contributed by atoms with Gasteiger partial charge < -0.3 is 18.8 Å². The van der Waals surface area contributed by atoms with Crippen molar-refractivity contribution in [1.29, 1.82) is 0 Å². The number of para-hydroxylation sites is 1. The third-order valence-corrected chi connectivity index (χ3v) is 20.0. The van der Waals surface area contributed by atoms with E-state index in [1.807, 2.05) is 0 Å². The van der Waals surface area contributed by atoms with E-state index in [0.717, 1.165) is 61.8 Å². The summed E-state index contributed by atoms with van der Waals surface area (Å²) in [6.07, 6.45) is 0. The molecule has 0 saturated heterocycles. The van der Waals surface area contributed by atoms with Crippen molar-refractivity contribution in [1.82, 2.24) is 4.57 Å². The quantitative estimate of drug-likeness (QED) is 0.144. The molecule has 0 aliphatic heterocycles. The zero-order valence-corrected chi connectivity index (χ0v) is 57.7. The molecule has 0 amide bonds. The predicted molar refractivity (Wildman–Crippen MR) is 398 cm³/mol. The van der Waals surface area contributed by atoms with Gasteiger partial charge in [-0.25, -0.2) is 0 Å². The summed E-state index contributed by atoms with van der Waals surface area (Å²) in [5.41, 5.74) is 26.4. The first-order valence-electron chi connectivity index (χ1n) is 33.5. The maximum absolute atomic E-state index is 7.47. The van der Waals surface area contributed by atoms with Gasteiger partial charge in [0.05, 0.1) is 22.1 Å². The highest BCUT2D eigenvalue weighted by Crippen LogP contribution is 2.63. The molecule has 11 aromatic carbocycles. The Labute approximate surface area is 552 Å². The fourth-order valence-electron chi connectivity index (χ4n) is 14.7. The molecule has 0 N–H and O–H groups in total. The van der Waals surface area contributed by atoms with Crippen LogP contribution in [0.2, 0.25) is 0 Å². The van der Waals surface area contributed by atoms with Gasteiger partial charge in [0.25, 0.3) is 0 Å². The van der Waals surface area contributed by atoms with Crippen LogP contribution in [0.15, 0.2) is 235 Å². The van der Waals surface area contributed by atoms with Crippen LogP contribution in [0.5, 0.6) is 0 Å². The van der Waals surface area contributed by atoms with Gasteiger partial charge in [0.1, 0.15) is 5.58 Å². The van der Waals surface area contributed by atoms with Gasteiger partial charge in [-0.1, -0.05) is 225 Å². The molecule has 1 aliphatic rings. The summed E-state index contributed by atoms with van der Waals surface area (Å²) in [6.45, 7) is 39.0. The van der Waals surface area contributed by atoms with Gasteiger partial charge in [0.2, 0.25) is 0 Å². The first-order chi connectivity index (χ1) is 44.1. The van der Waals surface area contributed by atoms with E-state index < -0.39 is 5.41 Å². The highest BCUT2D eigenvalue weighted by molar-refractivity contribution is 6.20. The number of aromatic nitrogens is 1. The Morgan fingerprint density at radius 1 is 0.344 bits per heavy atom. The molecule has 93 heavy (non-hydrogen) atoms. The zero-order chi connectivity index (χ0) is 65.5. The maximum atomic E-state index is 7.47. The molecule has 1 unspecified atom stereocenters. The SMILES string of the molecule is Cc1cccc(N(c2ccc(C(C)(C)C)cc2)c2ccc3c(c2)C(c2ccc(C(C)(C)C)cc2)(c2ccc4c(c2)c2cc(C(C)(C)C)ccc2n4-c2ccc(C(C)(C)C)cc2)c2cc(N(c4ccc(C(C)(C)C)cc4)c4cccc(C)c4)c4oc5ccccc5c4c2-3)c1. The first-order valence-corrected chi connectivity index (χ1v) is 33.5. The highest BCUT2D eigenvalue weighted by atomic mass is 16.3. The average molecular weight is 1220 g/mol. The highest BCUT2D eigenvalue weighted by Gasteiger charge is 2.49. The van der Waals surface area contributed by atoms with Gasteiger partial charge in [-0.05, 0) is 222 Å². The Morgan fingerprint density at radius 2 is 0.796 bits per heavy atom. The van der Waals surface area contributed by atoms with Gasteiger partial charge in [-0.3, -0.25) is 0 Å². The van der Waals surface area contributed by atoms with Crippen molar-refractivity contribution in [3.63, 3.8) is 0 Å². The van der Waals surface area contributed by atoms with Crippen LogP contribution in [0.25, 0.3) is 60.6 Å². The molecule has 0 bridgehead atoms. The van der Waals surface area contributed by atoms with E-state index in [4.69, 9.17) is 4.42 Å². The van der Waals surface area contributed by atoms with Gasteiger partial charge in [-0.15, -0.1) is 0 Å². The molecule has 0 saturated carbocycles. The minimum Gasteiger partial charge on any atom is -0.454 e. The number of hydrogen-bond donors (Lipinski definition) is 0. The van der Waals surface area contributed by atoms with Gasteiger partial charge in [0, 0.05) is 55.7 Å². The lowest BCUT2D eigenvalue weighted by molar-refractivity contribution is 0.589. The summed E-state index contributed by atoms with van der Waals surface area (Å²) in [5, 5.41) is 4.62. The van der Waals surface area contributed by atoms with Crippen LogP contribution in [-0.4, -0.2) is 4.57 Å². The number of fused-ring (bicyclic) bond motifs is 10. The molecule has 1 atom stereocenters. The van der Waals surface area contributed by atoms with Crippen molar-refractivity contribution in [2.24, 2.45) is 0 Å². The van der Waals surface area contributed by atoms with E-state index in [0.29, 0.717) is 0 Å². The number of anilines is 6. The van der Waals surface area contributed by atoms with Crippen molar-refractivity contribution >= 4 is 77.9 Å². The van der Waals surface area contributed by atoms with E-state index in [1.165, 1.54) is 94.1 Å². The van der Waals surface area contributed by atoms with E-state index in [-0.39, 0.29) is 27.1 Å². The van der Waals surface area contributed by atoms with Crippen LogP contribution in [0.1, 0.15) is 165 Å². The fraction of sp³-hybridized carbons (Fsp3) is 0.258. The summed E-state index contributed by atoms with van der Waals surface area (Å²) in [6, 6.07) is 88.7. The molecule has 4 nitrogen and oxygen atoms in total. The number of nitrogens with zero attached hydrogens (tertiary/aromatic N) is 3. The zero-order valence-electron chi connectivity index (χ0n) is 57.7. The Morgan fingerprint density at radius 3 is 1.34 bits per heavy atom. The van der Waals surface area contributed by atoms with Crippen LogP contribution >= 0.6 is 0 Å². The van der Waals surface area contributed by atoms with Crippen LogP contribution in [0, 0.1) is 13.8 Å². The molecule has 466 valence electrons. The normalized spacial score (nSPS) is 14.5. The summed E-state index contributed by atoms with van der Waals surface area (Å²) < 4.78 is 9.97.